The van der Waals surface area contributed by atoms with Gasteiger partial charge < -0.3 is 10.1 Å². The number of amides is 1. The van der Waals surface area contributed by atoms with E-state index in [-0.39, 0.29) is 12.5 Å². The number of carbonyl (C=O) groups excluding carboxylic acids is 2. The van der Waals surface area contributed by atoms with Crippen LogP contribution in [0.3, 0.4) is 0 Å². The highest BCUT2D eigenvalue weighted by molar-refractivity contribution is 7.17. The van der Waals surface area contributed by atoms with Crippen LogP contribution in [0.25, 0.3) is 21.5 Å². The number of nitrogens with zero attached hydrogens (tertiary/aromatic N) is 3. The zero-order chi connectivity index (χ0) is 21.5. The molecule has 31 heavy (non-hydrogen) atoms. The first-order valence-corrected chi connectivity index (χ1v) is 11.6. The van der Waals surface area contributed by atoms with Crippen LogP contribution in [-0.4, -0.2) is 33.8 Å². The quantitative estimate of drug-likeness (QED) is 0.452. The Morgan fingerprint density at radius 1 is 1.29 bits per heavy atom. The standard InChI is InChI=1S/C22H20N4O3S2/c1-12-18-14(15-7-4-10-30-15)8-9-23-20(18)26(25-12)11-17(27)24-21-19(22(28)29-2)13-5-3-6-16(13)31-21/h4,7-10H,3,5-6,11H2,1-2H3,(H,24,27). The van der Waals surface area contributed by atoms with Crippen molar-refractivity contribution in [2.45, 2.75) is 32.7 Å². The highest BCUT2D eigenvalue weighted by Crippen LogP contribution is 2.39. The number of aryl methyl sites for hydroxylation is 2. The first kappa shape index (κ1) is 19.9. The molecule has 0 aliphatic heterocycles. The molecule has 0 aromatic carbocycles. The van der Waals surface area contributed by atoms with Gasteiger partial charge in [-0.1, -0.05) is 6.07 Å². The fraction of sp³-hybridized carbons (Fsp3) is 0.273. The molecule has 0 unspecified atom stereocenters. The van der Waals surface area contributed by atoms with Crippen LogP contribution in [0, 0.1) is 6.92 Å². The molecule has 1 aliphatic rings. The summed E-state index contributed by atoms with van der Waals surface area (Å²) < 4.78 is 6.58. The second-order valence-corrected chi connectivity index (χ2v) is 9.43. The molecular weight excluding hydrogens is 432 g/mol. The van der Waals surface area contributed by atoms with Crippen LogP contribution >= 0.6 is 22.7 Å². The molecule has 1 amide bonds. The average Bonchev–Trinajstić information content (AvgIpc) is 3.53. The minimum atomic E-state index is -0.405. The SMILES string of the molecule is COC(=O)c1c(NC(=O)Cn2nc(C)c3c(-c4cccs4)ccnc32)sc2c1CCC2. The number of thiophene rings is 2. The first-order chi connectivity index (χ1) is 15.1. The van der Waals surface area contributed by atoms with Gasteiger partial charge in [0, 0.05) is 21.5 Å². The topological polar surface area (TPSA) is 86.1 Å². The molecule has 0 saturated heterocycles. The van der Waals surface area contributed by atoms with Gasteiger partial charge in [0.15, 0.2) is 5.65 Å². The van der Waals surface area contributed by atoms with Gasteiger partial charge in [-0.2, -0.15) is 5.10 Å². The molecule has 1 N–H and O–H groups in total. The van der Waals surface area contributed by atoms with Crippen molar-refractivity contribution in [3.63, 3.8) is 0 Å². The number of rotatable bonds is 5. The Kier molecular flexibility index (Phi) is 5.07. The van der Waals surface area contributed by atoms with Crippen LogP contribution in [0.4, 0.5) is 5.00 Å². The Balaban J connectivity index is 1.45. The minimum absolute atomic E-state index is 0.00835. The van der Waals surface area contributed by atoms with Gasteiger partial charge in [-0.05, 0) is 49.3 Å². The maximum absolute atomic E-state index is 12.9. The molecule has 0 spiro atoms. The Morgan fingerprint density at radius 2 is 2.16 bits per heavy atom. The van der Waals surface area contributed by atoms with Gasteiger partial charge in [0.25, 0.3) is 0 Å². The van der Waals surface area contributed by atoms with Crippen molar-refractivity contribution in [2.24, 2.45) is 0 Å². The maximum atomic E-state index is 12.9. The number of carbonyl (C=O) groups is 2. The van der Waals surface area contributed by atoms with E-state index in [1.165, 1.54) is 18.4 Å². The molecule has 0 radical (unpaired) electrons. The molecule has 5 rings (SSSR count). The van der Waals surface area contributed by atoms with Crippen molar-refractivity contribution in [1.29, 1.82) is 0 Å². The van der Waals surface area contributed by atoms with E-state index in [1.54, 1.807) is 22.2 Å². The predicted molar refractivity (Wildman–Crippen MR) is 122 cm³/mol. The molecule has 7 nitrogen and oxygen atoms in total. The summed E-state index contributed by atoms with van der Waals surface area (Å²) in [6.07, 6.45) is 4.53. The normalized spacial score (nSPS) is 12.8. The zero-order valence-corrected chi connectivity index (χ0v) is 18.7. The monoisotopic (exact) mass is 452 g/mol. The lowest BCUT2D eigenvalue weighted by Crippen LogP contribution is -2.20. The highest BCUT2D eigenvalue weighted by Gasteiger charge is 2.28. The summed E-state index contributed by atoms with van der Waals surface area (Å²) in [7, 11) is 1.36. The Hall–Kier alpha value is -3.04. The number of hydrogen-bond donors (Lipinski definition) is 1. The number of esters is 1. The van der Waals surface area contributed by atoms with Gasteiger partial charge >= 0.3 is 5.97 Å². The van der Waals surface area contributed by atoms with Crippen molar-refractivity contribution in [1.82, 2.24) is 14.8 Å². The summed E-state index contributed by atoms with van der Waals surface area (Å²) in [6, 6.07) is 6.05. The summed E-state index contributed by atoms with van der Waals surface area (Å²) in [5.74, 6) is -0.657. The maximum Gasteiger partial charge on any atom is 0.341 e. The van der Waals surface area contributed by atoms with Crippen LogP contribution in [0.5, 0.6) is 0 Å². The fourth-order valence-corrected chi connectivity index (χ4v) is 6.19. The Morgan fingerprint density at radius 3 is 2.94 bits per heavy atom. The van der Waals surface area contributed by atoms with Crippen molar-refractivity contribution < 1.29 is 14.3 Å². The largest absolute Gasteiger partial charge is 0.465 e. The van der Waals surface area contributed by atoms with E-state index >= 15 is 0 Å². The number of anilines is 1. The molecule has 0 saturated carbocycles. The first-order valence-electron chi connectivity index (χ1n) is 9.95. The number of nitrogens with one attached hydrogen (secondary N) is 1. The molecule has 0 fully saturated rings. The number of aromatic nitrogens is 3. The lowest BCUT2D eigenvalue weighted by atomic mass is 10.1. The molecule has 0 atom stereocenters. The zero-order valence-electron chi connectivity index (χ0n) is 17.1. The second kappa shape index (κ2) is 7.90. The average molecular weight is 453 g/mol. The van der Waals surface area contributed by atoms with Gasteiger partial charge in [0.05, 0.1) is 23.8 Å². The highest BCUT2D eigenvalue weighted by atomic mass is 32.1. The molecule has 4 heterocycles. The third-order valence-electron chi connectivity index (χ3n) is 5.45. The van der Waals surface area contributed by atoms with Crippen molar-refractivity contribution >= 4 is 50.6 Å². The fourth-order valence-electron chi connectivity index (χ4n) is 4.14. The van der Waals surface area contributed by atoms with Gasteiger partial charge in [0.1, 0.15) is 11.5 Å². The van der Waals surface area contributed by atoms with E-state index in [4.69, 9.17) is 4.74 Å². The van der Waals surface area contributed by atoms with Crippen molar-refractivity contribution in [3.8, 4) is 10.4 Å². The number of pyridine rings is 1. The number of fused-ring (bicyclic) bond motifs is 2. The second-order valence-electron chi connectivity index (χ2n) is 7.38. The van der Waals surface area contributed by atoms with Crippen LogP contribution in [0.2, 0.25) is 0 Å². The van der Waals surface area contributed by atoms with Gasteiger partial charge in [-0.25, -0.2) is 14.5 Å². The Labute approximate surface area is 186 Å². The molecule has 158 valence electrons. The van der Waals surface area contributed by atoms with Gasteiger partial charge in [-0.15, -0.1) is 22.7 Å². The van der Waals surface area contributed by atoms with Crippen LogP contribution in [-0.2, 0) is 28.9 Å². The number of methoxy groups -OCH3 is 1. The smallest absolute Gasteiger partial charge is 0.341 e. The minimum Gasteiger partial charge on any atom is -0.465 e. The molecular formula is C22H20N4O3S2. The van der Waals surface area contributed by atoms with E-state index in [9.17, 15) is 9.59 Å². The van der Waals surface area contributed by atoms with Gasteiger partial charge in [-0.3, -0.25) is 4.79 Å². The number of hydrogen-bond acceptors (Lipinski definition) is 7. The van der Waals surface area contributed by atoms with Gasteiger partial charge in [0.2, 0.25) is 5.91 Å². The number of ether oxygens (including phenoxy) is 1. The third kappa shape index (κ3) is 3.43. The van der Waals surface area contributed by atoms with E-state index < -0.39 is 5.97 Å². The van der Waals surface area contributed by atoms with Crippen LogP contribution in [0.15, 0.2) is 29.8 Å². The summed E-state index contributed by atoms with van der Waals surface area (Å²) >= 11 is 3.12. The lowest BCUT2D eigenvalue weighted by Gasteiger charge is -2.08. The van der Waals surface area contributed by atoms with Crippen molar-refractivity contribution in [2.75, 3.05) is 12.4 Å². The summed E-state index contributed by atoms with van der Waals surface area (Å²) in [4.78, 5) is 32.0. The molecule has 9 heteroatoms. The molecule has 4 aromatic rings. The molecule has 4 aromatic heterocycles. The lowest BCUT2D eigenvalue weighted by molar-refractivity contribution is -0.116. The molecule has 1 aliphatic carbocycles. The van der Waals surface area contributed by atoms with E-state index in [0.717, 1.165) is 51.2 Å². The van der Waals surface area contributed by atoms with Crippen LogP contribution < -0.4 is 5.32 Å². The predicted octanol–water partition coefficient (Wildman–Crippen LogP) is 4.44. The third-order valence-corrected chi connectivity index (χ3v) is 7.56. The van der Waals surface area contributed by atoms with Crippen molar-refractivity contribution in [3.05, 3.63) is 51.5 Å². The molecule has 0 bridgehead atoms. The summed E-state index contributed by atoms with van der Waals surface area (Å²) in [5.41, 5.74) is 4.06. The van der Waals surface area contributed by atoms with Crippen LogP contribution in [0.1, 0.15) is 32.9 Å². The Bertz CT molecular complexity index is 1300. The van der Waals surface area contributed by atoms with E-state index in [2.05, 4.69) is 21.5 Å². The van der Waals surface area contributed by atoms with E-state index in [0.29, 0.717) is 16.2 Å². The summed E-state index contributed by atoms with van der Waals surface area (Å²) in [5, 5.41) is 11.0. The van der Waals surface area contributed by atoms with E-state index in [1.807, 2.05) is 24.4 Å². The summed E-state index contributed by atoms with van der Waals surface area (Å²) in [6.45, 7) is 1.93.